The van der Waals surface area contributed by atoms with Gasteiger partial charge in [-0.15, -0.1) is 11.3 Å². The molecule has 2 aromatic rings. The van der Waals surface area contributed by atoms with E-state index in [4.69, 9.17) is 0 Å². The van der Waals surface area contributed by atoms with Crippen molar-refractivity contribution in [3.8, 4) is 0 Å². The molecule has 1 aromatic heterocycles. The molecule has 0 aliphatic carbocycles. The highest BCUT2D eigenvalue weighted by Gasteiger charge is 2.32. The number of nitrogens with one attached hydrogen (secondary N) is 1. The molecule has 3 heterocycles. The lowest BCUT2D eigenvalue weighted by molar-refractivity contribution is -0.133. The normalized spacial score (nSPS) is 20.2. The van der Waals surface area contributed by atoms with Crippen LogP contribution in [0.25, 0.3) is 0 Å². The average molecular weight is 433 g/mol. The summed E-state index contributed by atoms with van der Waals surface area (Å²) in [6.45, 7) is 3.41. The number of amidine groups is 1. The van der Waals surface area contributed by atoms with Gasteiger partial charge in [0, 0.05) is 31.7 Å². The first-order chi connectivity index (χ1) is 13.9. The zero-order valence-electron chi connectivity index (χ0n) is 15.7. The Bertz CT molecular complexity index is 1070. The SMILES string of the molecule is CC(N=C1NS(=O)(=O)c2ccccc21)C(=O)N1CCN(C(=O)c2cccs2)CC1. The van der Waals surface area contributed by atoms with Crippen molar-refractivity contribution in [3.63, 3.8) is 0 Å². The molecule has 0 radical (unpaired) electrons. The summed E-state index contributed by atoms with van der Waals surface area (Å²) in [5.74, 6) is -0.0189. The predicted octanol–water partition coefficient (Wildman–Crippen LogP) is 1.16. The van der Waals surface area contributed by atoms with E-state index in [0.29, 0.717) is 36.6 Å². The number of carbonyl (C=O) groups is 2. The summed E-state index contributed by atoms with van der Waals surface area (Å²) in [6.07, 6.45) is 0. The molecule has 10 heteroatoms. The molecular weight excluding hydrogens is 412 g/mol. The molecule has 2 amide bonds. The highest BCUT2D eigenvalue weighted by atomic mass is 32.2. The molecule has 1 aromatic carbocycles. The third-order valence-corrected chi connectivity index (χ3v) is 7.21. The van der Waals surface area contributed by atoms with E-state index in [1.165, 1.54) is 17.4 Å². The molecule has 2 aliphatic heterocycles. The number of fused-ring (bicyclic) bond motifs is 1. The smallest absolute Gasteiger partial charge is 0.264 e. The third kappa shape index (κ3) is 3.77. The monoisotopic (exact) mass is 432 g/mol. The molecule has 0 saturated carbocycles. The minimum atomic E-state index is -3.64. The number of thiophene rings is 1. The van der Waals surface area contributed by atoms with Crippen LogP contribution < -0.4 is 4.72 Å². The lowest BCUT2D eigenvalue weighted by Gasteiger charge is -2.35. The number of nitrogens with zero attached hydrogens (tertiary/aromatic N) is 3. The highest BCUT2D eigenvalue weighted by Crippen LogP contribution is 2.23. The van der Waals surface area contributed by atoms with Crippen LogP contribution in [0.15, 0.2) is 51.7 Å². The van der Waals surface area contributed by atoms with Crippen LogP contribution in [0, 0.1) is 0 Å². The van der Waals surface area contributed by atoms with Gasteiger partial charge in [-0.2, -0.15) is 0 Å². The number of sulfonamides is 1. The Morgan fingerprint density at radius 2 is 1.76 bits per heavy atom. The molecular formula is C19H20N4O4S2. The second kappa shape index (κ2) is 7.60. The molecule has 1 saturated heterocycles. The van der Waals surface area contributed by atoms with E-state index in [0.717, 1.165) is 0 Å². The largest absolute Gasteiger partial charge is 0.337 e. The molecule has 0 bridgehead atoms. The van der Waals surface area contributed by atoms with Crippen LogP contribution >= 0.6 is 11.3 Å². The van der Waals surface area contributed by atoms with Crippen molar-refractivity contribution in [2.24, 2.45) is 4.99 Å². The summed E-state index contributed by atoms with van der Waals surface area (Å²) < 4.78 is 26.8. The molecule has 1 unspecified atom stereocenters. The maximum absolute atomic E-state index is 12.8. The van der Waals surface area contributed by atoms with Crippen molar-refractivity contribution < 1.29 is 18.0 Å². The van der Waals surface area contributed by atoms with Gasteiger partial charge in [0.05, 0.1) is 9.77 Å². The van der Waals surface area contributed by atoms with Crippen LogP contribution in [0.3, 0.4) is 0 Å². The van der Waals surface area contributed by atoms with E-state index in [1.54, 1.807) is 41.0 Å². The second-order valence-electron chi connectivity index (χ2n) is 6.85. The standard InChI is InChI=1S/C19H20N4O4S2/c1-13(20-17-14-5-2-3-7-16(14)29(26,27)21-17)18(24)22-8-10-23(11-9-22)19(25)15-6-4-12-28-15/h2-7,12-13H,8-11H2,1H3,(H,20,21). The van der Waals surface area contributed by atoms with Crippen LogP contribution in [0.1, 0.15) is 22.2 Å². The van der Waals surface area contributed by atoms with Gasteiger partial charge >= 0.3 is 0 Å². The average Bonchev–Trinajstić information content (AvgIpc) is 3.34. The van der Waals surface area contributed by atoms with Crippen molar-refractivity contribution in [1.82, 2.24) is 14.5 Å². The molecule has 152 valence electrons. The van der Waals surface area contributed by atoms with Gasteiger partial charge in [0.25, 0.3) is 15.9 Å². The first kappa shape index (κ1) is 19.6. The van der Waals surface area contributed by atoms with Gasteiger partial charge in [-0.05, 0) is 30.5 Å². The molecule has 8 nitrogen and oxygen atoms in total. The maximum Gasteiger partial charge on any atom is 0.264 e. The van der Waals surface area contributed by atoms with Crippen LogP contribution in [0.4, 0.5) is 0 Å². The quantitative estimate of drug-likeness (QED) is 0.787. The molecule has 1 atom stereocenters. The van der Waals surface area contributed by atoms with Gasteiger partial charge in [0.15, 0.2) is 0 Å². The third-order valence-electron chi connectivity index (χ3n) is 4.95. The van der Waals surface area contributed by atoms with E-state index >= 15 is 0 Å². The number of piperazine rings is 1. The van der Waals surface area contributed by atoms with E-state index in [2.05, 4.69) is 9.71 Å². The molecule has 29 heavy (non-hydrogen) atoms. The maximum atomic E-state index is 12.8. The van der Waals surface area contributed by atoms with E-state index in [-0.39, 0.29) is 22.5 Å². The van der Waals surface area contributed by atoms with Crippen molar-refractivity contribution >= 4 is 39.0 Å². The van der Waals surface area contributed by atoms with Gasteiger partial charge in [0.2, 0.25) is 5.91 Å². The van der Waals surface area contributed by atoms with Gasteiger partial charge in [0.1, 0.15) is 11.9 Å². The lowest BCUT2D eigenvalue weighted by atomic mass is 10.2. The second-order valence-corrected chi connectivity index (χ2v) is 9.45. The summed E-state index contributed by atoms with van der Waals surface area (Å²) in [7, 11) is -3.64. The van der Waals surface area contributed by atoms with Gasteiger partial charge in [-0.1, -0.05) is 18.2 Å². The summed E-state index contributed by atoms with van der Waals surface area (Å²) >= 11 is 1.40. The Morgan fingerprint density at radius 1 is 1.07 bits per heavy atom. The lowest BCUT2D eigenvalue weighted by Crippen LogP contribution is -2.52. The number of hydrogen-bond donors (Lipinski definition) is 1. The summed E-state index contributed by atoms with van der Waals surface area (Å²) in [4.78, 5) is 33.8. The van der Waals surface area contributed by atoms with E-state index in [9.17, 15) is 18.0 Å². The fourth-order valence-corrected chi connectivity index (χ4v) is 5.36. The molecule has 1 fully saturated rings. The number of amides is 2. The minimum Gasteiger partial charge on any atom is -0.337 e. The van der Waals surface area contributed by atoms with Crippen LogP contribution in [0.5, 0.6) is 0 Å². The Morgan fingerprint density at radius 3 is 2.45 bits per heavy atom. The zero-order valence-corrected chi connectivity index (χ0v) is 17.4. The summed E-state index contributed by atoms with van der Waals surface area (Å²) in [5.41, 5.74) is 0.471. The molecule has 4 rings (SSSR count). The fourth-order valence-electron chi connectivity index (χ4n) is 3.43. The van der Waals surface area contributed by atoms with Crippen molar-refractivity contribution in [2.45, 2.75) is 17.9 Å². The Hall–Kier alpha value is -2.72. The van der Waals surface area contributed by atoms with Crippen molar-refractivity contribution in [2.75, 3.05) is 26.2 Å². The van der Waals surface area contributed by atoms with Crippen LogP contribution in [-0.2, 0) is 14.8 Å². The first-order valence-corrected chi connectivity index (χ1v) is 11.5. The summed E-state index contributed by atoms with van der Waals surface area (Å²) in [5, 5.41) is 1.86. The van der Waals surface area contributed by atoms with Crippen molar-refractivity contribution in [3.05, 3.63) is 52.2 Å². The Balaban J connectivity index is 1.42. The van der Waals surface area contributed by atoms with Crippen molar-refractivity contribution in [1.29, 1.82) is 0 Å². The topological polar surface area (TPSA) is 99.1 Å². The van der Waals surface area contributed by atoms with Crippen LogP contribution in [0.2, 0.25) is 0 Å². The Kier molecular flexibility index (Phi) is 5.13. The number of aliphatic imine (C=N–C) groups is 1. The van der Waals surface area contributed by atoms with E-state index in [1.807, 2.05) is 11.4 Å². The zero-order chi connectivity index (χ0) is 20.6. The number of rotatable bonds is 3. The number of carbonyl (C=O) groups excluding carboxylic acids is 2. The van der Waals surface area contributed by atoms with E-state index < -0.39 is 16.1 Å². The number of hydrogen-bond acceptors (Lipinski definition) is 6. The first-order valence-electron chi connectivity index (χ1n) is 9.18. The molecule has 0 spiro atoms. The van der Waals surface area contributed by atoms with Gasteiger partial charge in [-0.25, -0.2) is 8.42 Å². The van der Waals surface area contributed by atoms with Gasteiger partial charge < -0.3 is 9.80 Å². The fraction of sp³-hybridized carbons (Fsp3) is 0.316. The minimum absolute atomic E-state index is 0.0163. The van der Waals surface area contributed by atoms with Gasteiger partial charge in [-0.3, -0.25) is 19.3 Å². The summed E-state index contributed by atoms with van der Waals surface area (Å²) in [6, 6.07) is 9.45. The highest BCUT2D eigenvalue weighted by molar-refractivity contribution is 7.90. The molecule has 1 N–H and O–H groups in total. The van der Waals surface area contributed by atoms with Crippen LogP contribution in [-0.4, -0.2) is 68.1 Å². The molecule has 2 aliphatic rings. The predicted molar refractivity (Wildman–Crippen MR) is 110 cm³/mol. The number of benzene rings is 1. The Labute approximate surface area is 172 Å².